The molecule has 0 amide bonds. The lowest BCUT2D eigenvalue weighted by atomic mass is 10.1. The summed E-state index contributed by atoms with van der Waals surface area (Å²) in [6.07, 6.45) is 0. The molecule has 0 aliphatic heterocycles. The van der Waals surface area contributed by atoms with E-state index in [0.717, 1.165) is 5.56 Å². The minimum Gasteiger partial charge on any atom is -0.356 e. The van der Waals surface area contributed by atoms with Crippen LogP contribution in [0, 0.1) is 12.7 Å². The van der Waals surface area contributed by atoms with E-state index in [1.165, 1.54) is 6.07 Å². The third-order valence-electron chi connectivity index (χ3n) is 3.08. The number of anilines is 1. The average Bonchev–Trinajstić information content (AvgIpc) is 2.44. The molecule has 0 saturated carbocycles. The number of nitrogens with one attached hydrogen (secondary N) is 2. The normalized spacial score (nSPS) is 11.8. The molecule has 0 aromatic heterocycles. The molecule has 4 heteroatoms. The van der Waals surface area contributed by atoms with Crippen LogP contribution in [0.5, 0.6) is 0 Å². The lowest BCUT2D eigenvalue weighted by molar-refractivity contribution is 0.619. The molecule has 2 nitrogen and oxygen atoms in total. The Morgan fingerprint density at radius 2 is 1.85 bits per heavy atom. The number of hydrogen-bond donors (Lipinski definition) is 2. The van der Waals surface area contributed by atoms with Crippen molar-refractivity contribution in [3.63, 3.8) is 0 Å². The Morgan fingerprint density at radius 3 is 2.50 bits per heavy atom. The first-order valence-corrected chi connectivity index (χ1v) is 6.85. The molecule has 104 valence electrons. The van der Waals surface area contributed by atoms with Crippen LogP contribution < -0.4 is 10.6 Å². The van der Waals surface area contributed by atoms with E-state index in [0.29, 0.717) is 16.4 Å². The van der Waals surface area contributed by atoms with Crippen molar-refractivity contribution < 1.29 is 4.39 Å². The monoisotopic (exact) mass is 288 g/mol. The van der Waals surface area contributed by atoms with Gasteiger partial charge in [0, 0.05) is 5.69 Å². The summed E-state index contributed by atoms with van der Waals surface area (Å²) in [6.45, 7) is 3.76. The van der Waals surface area contributed by atoms with E-state index >= 15 is 0 Å². The molecule has 2 rings (SSSR count). The quantitative estimate of drug-likeness (QED) is 0.828. The van der Waals surface area contributed by atoms with Gasteiger partial charge in [-0.25, -0.2) is 4.39 Å². The highest BCUT2D eigenvalue weighted by Crippen LogP contribution is 2.15. The lowest BCUT2D eigenvalue weighted by Gasteiger charge is -2.17. The first kappa shape index (κ1) is 14.5. The highest BCUT2D eigenvalue weighted by atomic mass is 32.1. The van der Waals surface area contributed by atoms with Crippen molar-refractivity contribution in [3.8, 4) is 0 Å². The second kappa shape index (κ2) is 6.48. The van der Waals surface area contributed by atoms with Crippen LogP contribution in [0.1, 0.15) is 24.1 Å². The van der Waals surface area contributed by atoms with Gasteiger partial charge in [-0.2, -0.15) is 0 Å². The number of benzene rings is 2. The molecule has 0 aliphatic rings. The van der Waals surface area contributed by atoms with Crippen LogP contribution in [-0.4, -0.2) is 5.11 Å². The summed E-state index contributed by atoms with van der Waals surface area (Å²) in [5.41, 5.74) is 2.41. The van der Waals surface area contributed by atoms with E-state index in [4.69, 9.17) is 12.2 Å². The van der Waals surface area contributed by atoms with Crippen molar-refractivity contribution >= 4 is 23.0 Å². The summed E-state index contributed by atoms with van der Waals surface area (Å²) in [4.78, 5) is 0. The molecule has 2 N–H and O–H groups in total. The standard InChI is InChI=1S/C16H17FN2S/c1-11-8-9-14(10-15(11)17)19-16(20)18-12(2)13-6-4-3-5-7-13/h3-10,12H,1-2H3,(H2,18,19,20)/t12-/m1/s1. The van der Waals surface area contributed by atoms with Crippen LogP contribution in [0.25, 0.3) is 0 Å². The van der Waals surface area contributed by atoms with E-state index in [2.05, 4.69) is 10.6 Å². The van der Waals surface area contributed by atoms with Crippen molar-refractivity contribution in [1.29, 1.82) is 0 Å². The maximum atomic E-state index is 13.5. The van der Waals surface area contributed by atoms with Crippen molar-refractivity contribution in [1.82, 2.24) is 5.32 Å². The third kappa shape index (κ3) is 3.78. The minimum atomic E-state index is -0.242. The Hall–Kier alpha value is -1.94. The SMILES string of the molecule is Cc1ccc(NC(=S)N[C@H](C)c2ccccc2)cc1F. The number of rotatable bonds is 3. The maximum Gasteiger partial charge on any atom is 0.171 e. The van der Waals surface area contributed by atoms with E-state index in [-0.39, 0.29) is 11.9 Å². The zero-order valence-corrected chi connectivity index (χ0v) is 12.3. The first-order valence-electron chi connectivity index (χ1n) is 6.45. The summed E-state index contributed by atoms with van der Waals surface area (Å²) >= 11 is 5.24. The summed E-state index contributed by atoms with van der Waals surface area (Å²) in [5.74, 6) is -0.242. The van der Waals surface area contributed by atoms with Gasteiger partial charge in [-0.05, 0) is 49.3 Å². The van der Waals surface area contributed by atoms with Gasteiger partial charge in [0.15, 0.2) is 5.11 Å². The molecule has 0 bridgehead atoms. The molecule has 0 heterocycles. The Labute approximate surface area is 124 Å². The second-order valence-electron chi connectivity index (χ2n) is 4.69. The molecule has 0 fully saturated rings. The van der Waals surface area contributed by atoms with Gasteiger partial charge in [0.25, 0.3) is 0 Å². The molecule has 0 unspecified atom stereocenters. The molecule has 2 aromatic carbocycles. The fourth-order valence-corrected chi connectivity index (χ4v) is 2.15. The molecule has 1 atom stereocenters. The number of hydrogen-bond acceptors (Lipinski definition) is 1. The smallest absolute Gasteiger partial charge is 0.171 e. The van der Waals surface area contributed by atoms with Crippen LogP contribution >= 0.6 is 12.2 Å². The summed E-state index contributed by atoms with van der Waals surface area (Å²) in [6, 6.07) is 15.1. The van der Waals surface area contributed by atoms with E-state index in [9.17, 15) is 4.39 Å². The Balaban J connectivity index is 1.97. The minimum absolute atomic E-state index is 0.0893. The Bertz CT molecular complexity index is 599. The van der Waals surface area contributed by atoms with Gasteiger partial charge < -0.3 is 10.6 Å². The van der Waals surface area contributed by atoms with Crippen molar-refractivity contribution in [2.45, 2.75) is 19.9 Å². The summed E-state index contributed by atoms with van der Waals surface area (Å²) in [7, 11) is 0. The zero-order valence-electron chi connectivity index (χ0n) is 11.5. The first-order chi connectivity index (χ1) is 9.56. The van der Waals surface area contributed by atoms with Crippen LogP contribution in [-0.2, 0) is 0 Å². The van der Waals surface area contributed by atoms with Crippen molar-refractivity contribution in [2.75, 3.05) is 5.32 Å². The molecule has 2 aromatic rings. The molecular formula is C16H17FN2S. The molecule has 0 aliphatic carbocycles. The van der Waals surface area contributed by atoms with Gasteiger partial charge in [-0.1, -0.05) is 36.4 Å². The van der Waals surface area contributed by atoms with Crippen molar-refractivity contribution in [3.05, 3.63) is 65.5 Å². The van der Waals surface area contributed by atoms with Crippen LogP contribution in [0.4, 0.5) is 10.1 Å². The van der Waals surface area contributed by atoms with Crippen molar-refractivity contribution in [2.24, 2.45) is 0 Å². The van der Waals surface area contributed by atoms with Crippen LogP contribution in [0.15, 0.2) is 48.5 Å². The van der Waals surface area contributed by atoms with E-state index < -0.39 is 0 Å². The van der Waals surface area contributed by atoms with E-state index in [1.54, 1.807) is 19.1 Å². The Kier molecular flexibility index (Phi) is 4.69. The highest BCUT2D eigenvalue weighted by Gasteiger charge is 2.07. The molecule has 0 spiro atoms. The number of aryl methyl sites for hydroxylation is 1. The van der Waals surface area contributed by atoms with E-state index in [1.807, 2.05) is 37.3 Å². The largest absolute Gasteiger partial charge is 0.356 e. The summed E-state index contributed by atoms with van der Waals surface area (Å²) < 4.78 is 13.5. The second-order valence-corrected chi connectivity index (χ2v) is 5.10. The lowest BCUT2D eigenvalue weighted by Crippen LogP contribution is -2.30. The van der Waals surface area contributed by atoms with Crippen LogP contribution in [0.2, 0.25) is 0 Å². The van der Waals surface area contributed by atoms with Gasteiger partial charge in [-0.3, -0.25) is 0 Å². The summed E-state index contributed by atoms with van der Waals surface area (Å²) in [5, 5.41) is 6.64. The molecule has 0 saturated heterocycles. The van der Waals surface area contributed by atoms with Gasteiger partial charge in [0.2, 0.25) is 0 Å². The zero-order chi connectivity index (χ0) is 14.5. The topological polar surface area (TPSA) is 24.1 Å². The van der Waals surface area contributed by atoms with Crippen LogP contribution in [0.3, 0.4) is 0 Å². The number of halogens is 1. The van der Waals surface area contributed by atoms with Gasteiger partial charge in [-0.15, -0.1) is 0 Å². The fraction of sp³-hybridized carbons (Fsp3) is 0.188. The van der Waals surface area contributed by atoms with Gasteiger partial charge >= 0.3 is 0 Å². The van der Waals surface area contributed by atoms with Gasteiger partial charge in [0.05, 0.1) is 6.04 Å². The molecular weight excluding hydrogens is 271 g/mol. The predicted molar refractivity (Wildman–Crippen MR) is 85.4 cm³/mol. The molecule has 0 radical (unpaired) electrons. The highest BCUT2D eigenvalue weighted by molar-refractivity contribution is 7.80. The fourth-order valence-electron chi connectivity index (χ4n) is 1.86. The predicted octanol–water partition coefficient (Wildman–Crippen LogP) is 4.18. The third-order valence-corrected chi connectivity index (χ3v) is 3.30. The average molecular weight is 288 g/mol. The maximum absolute atomic E-state index is 13.5. The Morgan fingerprint density at radius 1 is 1.15 bits per heavy atom. The number of thiocarbonyl (C=S) groups is 1. The molecule has 20 heavy (non-hydrogen) atoms. The van der Waals surface area contributed by atoms with Gasteiger partial charge in [0.1, 0.15) is 5.82 Å².